The fraction of sp³-hybridized carbons (Fsp3) is 0.263. The van der Waals surface area contributed by atoms with Gasteiger partial charge in [0.25, 0.3) is 0 Å². The fourth-order valence-electron chi connectivity index (χ4n) is 2.86. The second-order valence-corrected chi connectivity index (χ2v) is 8.59. The molecule has 0 aliphatic heterocycles. The van der Waals surface area contributed by atoms with E-state index in [0.717, 1.165) is 5.56 Å². The van der Waals surface area contributed by atoms with E-state index in [1.807, 2.05) is 24.3 Å². The first kappa shape index (κ1) is 19.8. The highest BCUT2D eigenvalue weighted by Crippen LogP contribution is 2.28. The van der Waals surface area contributed by atoms with Gasteiger partial charge in [-0.2, -0.15) is 0 Å². The maximum absolute atomic E-state index is 13.6. The minimum Gasteiger partial charge on any atom is -0.497 e. The molecule has 9 heteroatoms. The Hall–Kier alpha value is -2.94. The highest BCUT2D eigenvalue weighted by Gasteiger charge is 2.22. The minimum absolute atomic E-state index is 0.275. The van der Waals surface area contributed by atoms with Gasteiger partial charge < -0.3 is 15.0 Å². The topological polar surface area (TPSA) is 104 Å². The molecule has 3 aromatic rings. The van der Waals surface area contributed by atoms with E-state index in [0.29, 0.717) is 23.1 Å². The third kappa shape index (κ3) is 4.14. The molecule has 3 N–H and O–H groups in total. The van der Waals surface area contributed by atoms with Crippen LogP contribution in [0.4, 0.5) is 10.2 Å². The maximum atomic E-state index is 13.6. The summed E-state index contributed by atoms with van der Waals surface area (Å²) in [6.07, 6.45) is 1.35. The second kappa shape index (κ2) is 7.59. The summed E-state index contributed by atoms with van der Waals surface area (Å²) in [5.41, 5.74) is 1.62. The first-order valence-corrected chi connectivity index (χ1v) is 10.5. The molecule has 2 unspecified atom stereocenters. The van der Waals surface area contributed by atoms with Crippen molar-refractivity contribution in [3.63, 3.8) is 0 Å². The van der Waals surface area contributed by atoms with Gasteiger partial charge in [-0.15, -0.1) is 0 Å². The van der Waals surface area contributed by atoms with Gasteiger partial charge in [-0.1, -0.05) is 12.1 Å². The lowest BCUT2D eigenvalue weighted by atomic mass is 10.1. The molecule has 2 heterocycles. The van der Waals surface area contributed by atoms with Crippen LogP contribution in [0.1, 0.15) is 28.8 Å². The predicted molar refractivity (Wildman–Crippen MR) is 106 cm³/mol. The molecule has 0 radical (unpaired) electrons. The highest BCUT2D eigenvalue weighted by atomic mass is 32.2. The Morgan fingerprint density at radius 2 is 1.82 bits per heavy atom. The summed E-state index contributed by atoms with van der Waals surface area (Å²) in [5.74, 6) is 1.28. The van der Waals surface area contributed by atoms with Gasteiger partial charge in [-0.25, -0.2) is 23.3 Å². The van der Waals surface area contributed by atoms with Gasteiger partial charge in [0.05, 0.1) is 28.2 Å². The molecular weight excluding hydrogens is 381 g/mol. The number of benzene rings is 1. The molecule has 2 atom stereocenters. The summed E-state index contributed by atoms with van der Waals surface area (Å²) in [4.78, 5) is 11.7. The molecule has 0 spiro atoms. The van der Waals surface area contributed by atoms with Crippen molar-refractivity contribution in [2.45, 2.75) is 24.9 Å². The van der Waals surface area contributed by atoms with Gasteiger partial charge in [-0.05, 0) is 43.7 Å². The molecule has 28 heavy (non-hydrogen) atoms. The Morgan fingerprint density at radius 1 is 1.14 bits per heavy atom. The zero-order chi connectivity index (χ0) is 20.5. The van der Waals surface area contributed by atoms with Crippen molar-refractivity contribution in [1.29, 1.82) is 4.78 Å². The Balaban J connectivity index is 2.07. The molecule has 0 bridgehead atoms. The number of nitrogens with one attached hydrogen (secondary N) is 3. The van der Waals surface area contributed by atoms with Crippen LogP contribution in [0.15, 0.2) is 41.4 Å². The number of imidazole rings is 1. The molecule has 0 amide bonds. The molecule has 0 saturated carbocycles. The third-order valence-corrected chi connectivity index (χ3v) is 5.46. The molecule has 2 aromatic heterocycles. The molecule has 148 valence electrons. The summed E-state index contributed by atoms with van der Waals surface area (Å²) >= 11 is 0. The highest BCUT2D eigenvalue weighted by molar-refractivity contribution is 7.91. The summed E-state index contributed by atoms with van der Waals surface area (Å²) in [6, 6.07) is 9.79. The lowest BCUT2D eigenvalue weighted by molar-refractivity contribution is 0.414. The Labute approximate surface area is 163 Å². The van der Waals surface area contributed by atoms with Crippen LogP contribution in [0.3, 0.4) is 0 Å². The van der Waals surface area contributed by atoms with Gasteiger partial charge in [0.1, 0.15) is 34.3 Å². The normalized spacial score (nSPS) is 14.3. The van der Waals surface area contributed by atoms with Crippen molar-refractivity contribution >= 4 is 15.5 Å². The van der Waals surface area contributed by atoms with Crippen molar-refractivity contribution < 1.29 is 13.3 Å². The van der Waals surface area contributed by atoms with Crippen LogP contribution < -0.4 is 10.1 Å². The van der Waals surface area contributed by atoms with E-state index in [1.165, 1.54) is 12.3 Å². The summed E-state index contributed by atoms with van der Waals surface area (Å²) in [6.45, 7) is 3.29. The third-order valence-electron chi connectivity index (χ3n) is 4.28. The lowest BCUT2D eigenvalue weighted by Gasteiger charge is -2.18. The molecule has 7 nitrogen and oxygen atoms in total. The zero-order valence-electron chi connectivity index (χ0n) is 16.0. The number of aromatic nitrogens is 3. The molecular formula is C19H22FN5O2S. The fourth-order valence-corrected chi connectivity index (χ4v) is 3.77. The van der Waals surface area contributed by atoms with E-state index in [1.54, 1.807) is 27.0 Å². The molecule has 1 aromatic carbocycles. The van der Waals surface area contributed by atoms with Crippen LogP contribution in [0.5, 0.6) is 5.75 Å². The average molecular weight is 403 g/mol. The van der Waals surface area contributed by atoms with Crippen LogP contribution >= 0.6 is 0 Å². The zero-order valence-corrected chi connectivity index (χ0v) is 16.9. The number of hydrogen-bond donors (Lipinski definition) is 3. The number of nitrogens with zero attached hydrogens (tertiary/aromatic N) is 2. The van der Waals surface area contributed by atoms with Crippen molar-refractivity contribution in [3.8, 4) is 5.75 Å². The molecule has 0 saturated heterocycles. The second-order valence-electron chi connectivity index (χ2n) is 6.49. The number of aryl methyl sites for hydroxylation is 2. The van der Waals surface area contributed by atoms with Crippen molar-refractivity contribution in [2.75, 3.05) is 18.7 Å². The number of halogens is 1. The van der Waals surface area contributed by atoms with E-state index in [2.05, 4.69) is 20.3 Å². The van der Waals surface area contributed by atoms with E-state index in [9.17, 15) is 8.60 Å². The first-order chi connectivity index (χ1) is 13.2. The quantitative estimate of drug-likeness (QED) is 0.581. The summed E-state index contributed by atoms with van der Waals surface area (Å²) in [7, 11) is -1.37. The summed E-state index contributed by atoms with van der Waals surface area (Å²) in [5, 5.41) is 3.53. The van der Waals surface area contributed by atoms with Gasteiger partial charge in [0, 0.05) is 6.26 Å². The largest absolute Gasteiger partial charge is 0.497 e. The molecule has 3 rings (SSSR count). The smallest absolute Gasteiger partial charge is 0.144 e. The molecule has 0 fully saturated rings. The molecule has 0 aliphatic rings. The maximum Gasteiger partial charge on any atom is 0.144 e. The van der Waals surface area contributed by atoms with E-state index >= 15 is 0 Å². The van der Waals surface area contributed by atoms with E-state index in [-0.39, 0.29) is 16.5 Å². The number of pyridine rings is 1. The number of methoxy groups -OCH3 is 1. The number of anilines is 1. The number of rotatable bonds is 6. The summed E-state index contributed by atoms with van der Waals surface area (Å²) < 4.78 is 38.9. The number of H-pyrrole nitrogens is 1. The van der Waals surface area contributed by atoms with Crippen LogP contribution in [-0.4, -0.2) is 32.5 Å². The van der Waals surface area contributed by atoms with Crippen LogP contribution in [0, 0.1) is 24.4 Å². The Morgan fingerprint density at radius 3 is 2.36 bits per heavy atom. The van der Waals surface area contributed by atoms with Crippen molar-refractivity contribution in [3.05, 3.63) is 65.0 Å². The SMILES string of the molecule is COc1ccc(C(Nc2ccc(F)c(C)n2)c2nc(C)c(S(C)(=N)=O)[nH]2)cc1. The Kier molecular flexibility index (Phi) is 5.37. The minimum atomic E-state index is -2.96. The molecule has 0 aliphatic carbocycles. The van der Waals surface area contributed by atoms with Crippen LogP contribution in [0.25, 0.3) is 0 Å². The van der Waals surface area contributed by atoms with E-state index in [4.69, 9.17) is 9.52 Å². The van der Waals surface area contributed by atoms with E-state index < -0.39 is 15.8 Å². The van der Waals surface area contributed by atoms with Gasteiger partial charge in [0.2, 0.25) is 0 Å². The van der Waals surface area contributed by atoms with Crippen molar-refractivity contribution in [1.82, 2.24) is 15.0 Å². The van der Waals surface area contributed by atoms with Crippen LogP contribution in [0.2, 0.25) is 0 Å². The van der Waals surface area contributed by atoms with Crippen molar-refractivity contribution in [2.24, 2.45) is 0 Å². The van der Waals surface area contributed by atoms with Gasteiger partial charge >= 0.3 is 0 Å². The van der Waals surface area contributed by atoms with Gasteiger partial charge in [-0.3, -0.25) is 0 Å². The lowest BCUT2D eigenvalue weighted by Crippen LogP contribution is -2.15. The standard InChI is InChI=1S/C19H22FN5O2S/c1-11-15(20)9-10-16(22-11)24-17(13-5-7-14(27-3)8-6-13)18-23-12(2)19(25-18)28(4,21)26/h5-10,17,21H,1-4H3,(H,22,24)(H,23,25). The van der Waals surface area contributed by atoms with Gasteiger partial charge in [0.15, 0.2) is 0 Å². The number of aromatic amines is 1. The number of ether oxygens (including phenoxy) is 1. The Bertz CT molecular complexity index is 1090. The number of hydrogen-bond acceptors (Lipinski definition) is 6. The van der Waals surface area contributed by atoms with Crippen LogP contribution in [-0.2, 0) is 9.73 Å². The predicted octanol–water partition coefficient (Wildman–Crippen LogP) is 3.81. The first-order valence-electron chi connectivity index (χ1n) is 8.53. The average Bonchev–Trinajstić information content (AvgIpc) is 3.04. The monoisotopic (exact) mass is 403 g/mol.